The maximum Gasteiger partial charge on any atom is 0.310 e. The van der Waals surface area contributed by atoms with Crippen LogP contribution < -0.4 is 0 Å². The molecule has 0 saturated carbocycles. The molecule has 0 spiro atoms. The van der Waals surface area contributed by atoms with Crippen LogP contribution in [0.1, 0.15) is 26.7 Å². The van der Waals surface area contributed by atoms with Gasteiger partial charge in [0, 0.05) is 19.7 Å². The molecule has 100 valence electrons. The van der Waals surface area contributed by atoms with E-state index in [0.717, 1.165) is 13.0 Å². The van der Waals surface area contributed by atoms with Crippen LogP contribution in [0.4, 0.5) is 0 Å². The number of β-amino-alcohol motifs (C(OH)–C–C–N with tert-alkyl or cyclic N) is 1. The van der Waals surface area contributed by atoms with Gasteiger partial charge in [-0.1, -0.05) is 0 Å². The number of piperidine rings is 1. The van der Waals surface area contributed by atoms with Gasteiger partial charge in [0.15, 0.2) is 0 Å². The Kier molecular flexibility index (Phi) is 5.36. The molecule has 5 nitrogen and oxygen atoms in total. The molecule has 1 aliphatic heterocycles. The Morgan fingerprint density at radius 2 is 2.29 bits per heavy atom. The van der Waals surface area contributed by atoms with Crippen molar-refractivity contribution in [1.82, 2.24) is 4.90 Å². The van der Waals surface area contributed by atoms with E-state index in [1.807, 2.05) is 11.8 Å². The Hall–Kier alpha value is -0.650. The first-order valence-electron chi connectivity index (χ1n) is 6.19. The van der Waals surface area contributed by atoms with Gasteiger partial charge in [-0.2, -0.15) is 0 Å². The van der Waals surface area contributed by atoms with Gasteiger partial charge < -0.3 is 14.9 Å². The summed E-state index contributed by atoms with van der Waals surface area (Å²) in [6.07, 6.45) is 1.04. The van der Waals surface area contributed by atoms with Crippen molar-refractivity contribution in [3.05, 3.63) is 0 Å². The minimum absolute atomic E-state index is 0.316. The summed E-state index contributed by atoms with van der Waals surface area (Å²) in [7, 11) is 0. The van der Waals surface area contributed by atoms with E-state index in [-0.39, 0.29) is 0 Å². The zero-order valence-corrected chi connectivity index (χ0v) is 10.7. The van der Waals surface area contributed by atoms with Gasteiger partial charge in [0.1, 0.15) is 0 Å². The number of aliphatic hydroxyl groups excluding tert-OH is 1. The van der Waals surface area contributed by atoms with Crippen LogP contribution >= 0.6 is 0 Å². The highest BCUT2D eigenvalue weighted by Gasteiger charge is 2.38. The van der Waals surface area contributed by atoms with Gasteiger partial charge in [-0.05, 0) is 33.2 Å². The highest BCUT2D eigenvalue weighted by molar-refractivity contribution is 5.74. The van der Waals surface area contributed by atoms with E-state index < -0.39 is 17.5 Å². The van der Waals surface area contributed by atoms with Gasteiger partial charge in [-0.3, -0.25) is 9.69 Å². The Balaban J connectivity index is 2.42. The number of hydrogen-bond donors (Lipinski definition) is 2. The van der Waals surface area contributed by atoms with E-state index in [2.05, 4.69) is 0 Å². The van der Waals surface area contributed by atoms with Crippen molar-refractivity contribution in [3.8, 4) is 0 Å². The van der Waals surface area contributed by atoms with Gasteiger partial charge in [0.05, 0.1) is 18.1 Å². The predicted octanol–water partition coefficient (Wildman–Crippen LogP) is 0.570. The zero-order valence-electron chi connectivity index (χ0n) is 10.7. The van der Waals surface area contributed by atoms with Crippen LogP contribution in [0.5, 0.6) is 0 Å². The Bertz CT molecular complexity index is 259. The molecule has 1 heterocycles. The van der Waals surface area contributed by atoms with E-state index in [1.165, 1.54) is 0 Å². The lowest BCUT2D eigenvalue weighted by molar-refractivity contribution is -0.151. The van der Waals surface area contributed by atoms with E-state index >= 15 is 0 Å². The zero-order chi connectivity index (χ0) is 12.9. The number of carboxylic acids is 1. The molecule has 2 N–H and O–H groups in total. The standard InChI is InChI=1S/C12H23NO4/c1-3-17-8-10(14)7-13-6-4-5-12(2,9-13)11(15)16/h10,14H,3-9H2,1-2H3,(H,15,16). The Labute approximate surface area is 102 Å². The summed E-state index contributed by atoms with van der Waals surface area (Å²) in [5, 5.41) is 18.9. The molecule has 5 heteroatoms. The molecule has 1 fully saturated rings. The van der Waals surface area contributed by atoms with Crippen molar-refractivity contribution in [2.24, 2.45) is 5.41 Å². The topological polar surface area (TPSA) is 70.0 Å². The summed E-state index contributed by atoms with van der Waals surface area (Å²) in [6, 6.07) is 0. The normalized spacial score (nSPS) is 27.9. The number of likely N-dealkylation sites (tertiary alicyclic amines) is 1. The van der Waals surface area contributed by atoms with Crippen molar-refractivity contribution in [1.29, 1.82) is 0 Å². The van der Waals surface area contributed by atoms with Crippen LogP contribution in [-0.4, -0.2) is 60.0 Å². The van der Waals surface area contributed by atoms with E-state index in [9.17, 15) is 15.0 Å². The highest BCUT2D eigenvalue weighted by Crippen LogP contribution is 2.29. The fourth-order valence-electron chi connectivity index (χ4n) is 2.28. The molecule has 1 saturated heterocycles. The number of nitrogens with zero attached hydrogens (tertiary/aromatic N) is 1. The number of aliphatic carboxylic acids is 1. The van der Waals surface area contributed by atoms with Gasteiger partial charge >= 0.3 is 5.97 Å². The molecule has 1 aliphatic rings. The van der Waals surface area contributed by atoms with E-state index in [1.54, 1.807) is 6.92 Å². The van der Waals surface area contributed by atoms with Crippen LogP contribution in [0.2, 0.25) is 0 Å². The number of carboxylic acid groups (broad SMARTS) is 1. The second kappa shape index (κ2) is 6.33. The second-order valence-electron chi connectivity index (χ2n) is 5.02. The molecule has 2 atom stereocenters. The van der Waals surface area contributed by atoms with Gasteiger partial charge in [0.25, 0.3) is 0 Å². The van der Waals surface area contributed by atoms with Crippen molar-refractivity contribution < 1.29 is 19.7 Å². The highest BCUT2D eigenvalue weighted by atomic mass is 16.5. The molecular formula is C12H23NO4. The summed E-state index contributed by atoms with van der Waals surface area (Å²) in [5.41, 5.74) is -0.677. The molecule has 0 aromatic heterocycles. The van der Waals surface area contributed by atoms with Gasteiger partial charge in [-0.15, -0.1) is 0 Å². The Morgan fingerprint density at radius 3 is 2.88 bits per heavy atom. The largest absolute Gasteiger partial charge is 0.481 e. The number of ether oxygens (including phenoxy) is 1. The fraction of sp³-hybridized carbons (Fsp3) is 0.917. The molecule has 0 aromatic rings. The molecule has 1 rings (SSSR count). The minimum Gasteiger partial charge on any atom is -0.481 e. The smallest absolute Gasteiger partial charge is 0.310 e. The summed E-state index contributed by atoms with van der Waals surface area (Å²) in [6.45, 7) is 6.41. The first-order chi connectivity index (χ1) is 7.98. The van der Waals surface area contributed by atoms with Crippen molar-refractivity contribution in [3.63, 3.8) is 0 Å². The van der Waals surface area contributed by atoms with Crippen LogP contribution in [0.15, 0.2) is 0 Å². The monoisotopic (exact) mass is 245 g/mol. The number of aliphatic hydroxyl groups is 1. The average Bonchev–Trinajstić information content (AvgIpc) is 2.26. The van der Waals surface area contributed by atoms with E-state index in [4.69, 9.17) is 4.74 Å². The van der Waals surface area contributed by atoms with Gasteiger partial charge in [0.2, 0.25) is 0 Å². The van der Waals surface area contributed by atoms with Crippen LogP contribution in [0.25, 0.3) is 0 Å². The predicted molar refractivity (Wildman–Crippen MR) is 63.9 cm³/mol. The third-order valence-electron chi connectivity index (χ3n) is 3.28. The SMILES string of the molecule is CCOCC(O)CN1CCCC(C)(C(=O)O)C1. The third-order valence-corrected chi connectivity index (χ3v) is 3.28. The lowest BCUT2D eigenvalue weighted by atomic mass is 9.82. The van der Waals surface area contributed by atoms with Crippen LogP contribution in [0, 0.1) is 5.41 Å². The molecule has 0 radical (unpaired) electrons. The van der Waals surface area contributed by atoms with Crippen molar-refractivity contribution in [2.75, 3.05) is 32.8 Å². The van der Waals surface area contributed by atoms with Crippen LogP contribution in [0.3, 0.4) is 0 Å². The average molecular weight is 245 g/mol. The molecule has 0 bridgehead atoms. The fourth-order valence-corrected chi connectivity index (χ4v) is 2.28. The molecule has 2 unspecified atom stereocenters. The lowest BCUT2D eigenvalue weighted by Crippen LogP contribution is -2.48. The second-order valence-corrected chi connectivity index (χ2v) is 5.02. The molecule has 0 amide bonds. The first kappa shape index (κ1) is 14.4. The summed E-state index contributed by atoms with van der Waals surface area (Å²) in [4.78, 5) is 13.2. The van der Waals surface area contributed by atoms with Crippen molar-refractivity contribution in [2.45, 2.75) is 32.8 Å². The number of rotatable bonds is 6. The lowest BCUT2D eigenvalue weighted by Gasteiger charge is -2.38. The van der Waals surface area contributed by atoms with Crippen molar-refractivity contribution >= 4 is 5.97 Å². The van der Waals surface area contributed by atoms with E-state index in [0.29, 0.717) is 32.7 Å². The first-order valence-corrected chi connectivity index (χ1v) is 6.19. The summed E-state index contributed by atoms with van der Waals surface area (Å²) < 4.78 is 5.14. The van der Waals surface area contributed by atoms with Gasteiger partial charge in [-0.25, -0.2) is 0 Å². The molecule has 0 aliphatic carbocycles. The maximum atomic E-state index is 11.2. The maximum absolute atomic E-state index is 11.2. The Morgan fingerprint density at radius 1 is 1.59 bits per heavy atom. The molecular weight excluding hydrogens is 222 g/mol. The molecule has 0 aromatic carbocycles. The quantitative estimate of drug-likeness (QED) is 0.716. The molecule has 17 heavy (non-hydrogen) atoms. The summed E-state index contributed by atoms with van der Waals surface area (Å²) in [5.74, 6) is -0.749. The third kappa shape index (κ3) is 4.26. The minimum atomic E-state index is -0.749. The number of carbonyl (C=O) groups is 1. The van der Waals surface area contributed by atoms with Crippen LogP contribution in [-0.2, 0) is 9.53 Å². The summed E-state index contributed by atoms with van der Waals surface area (Å²) >= 11 is 0. The number of hydrogen-bond acceptors (Lipinski definition) is 4.